The van der Waals surface area contributed by atoms with Crippen LogP contribution < -0.4 is 0 Å². The van der Waals surface area contributed by atoms with Gasteiger partial charge in [-0.15, -0.1) is 0 Å². The molecule has 0 saturated heterocycles. The Morgan fingerprint density at radius 1 is 0.947 bits per heavy atom. The number of rotatable bonds is 6. The zero-order valence-corrected chi connectivity index (χ0v) is 9.00. The molecular formula is C5H3F5O8S. The minimum absolute atomic E-state index is 2.25. The van der Waals surface area contributed by atoms with Gasteiger partial charge in [0, 0.05) is 0 Å². The van der Waals surface area contributed by atoms with Gasteiger partial charge in [-0.1, -0.05) is 0 Å². The van der Waals surface area contributed by atoms with Crippen LogP contribution in [0, 0.1) is 0 Å². The Morgan fingerprint density at radius 3 is 1.47 bits per heavy atom. The lowest BCUT2D eigenvalue weighted by Gasteiger charge is -2.27. The molecule has 0 heterocycles. The van der Waals surface area contributed by atoms with E-state index in [1.807, 2.05) is 0 Å². The van der Waals surface area contributed by atoms with Gasteiger partial charge in [-0.2, -0.15) is 30.4 Å². The van der Waals surface area contributed by atoms with Gasteiger partial charge in [0.25, 0.3) is 0 Å². The summed E-state index contributed by atoms with van der Waals surface area (Å²) in [6.45, 7) is 0. The molecule has 0 aromatic rings. The largest absolute Gasteiger partial charge is 0.477 e. The summed E-state index contributed by atoms with van der Waals surface area (Å²) in [7, 11) is -6.84. The molecule has 0 aliphatic carbocycles. The maximum atomic E-state index is 12.9. The average molecular weight is 318 g/mol. The quantitative estimate of drug-likeness (QED) is 0.351. The van der Waals surface area contributed by atoms with Crippen LogP contribution >= 0.6 is 0 Å². The second kappa shape index (κ2) is 4.53. The summed E-state index contributed by atoms with van der Waals surface area (Å²) >= 11 is 0. The summed E-state index contributed by atoms with van der Waals surface area (Å²) in [4.78, 5) is 20.1. The highest BCUT2D eigenvalue weighted by molar-refractivity contribution is 7.86. The fourth-order valence-corrected chi connectivity index (χ4v) is 0.907. The van der Waals surface area contributed by atoms with Crippen molar-refractivity contribution in [3.8, 4) is 0 Å². The van der Waals surface area contributed by atoms with Crippen LogP contribution in [0.5, 0.6) is 0 Å². The number of carboxylic acids is 2. The maximum absolute atomic E-state index is 12.9. The molecule has 0 aliphatic rings. The van der Waals surface area contributed by atoms with Crippen molar-refractivity contribution < 1.29 is 59.5 Å². The van der Waals surface area contributed by atoms with Crippen molar-refractivity contribution in [1.29, 1.82) is 0 Å². The SMILES string of the molecule is O=C(O)C(F)(OC(F)(F)C(F)(F)S(=O)(=O)O)C(=O)O. The topological polar surface area (TPSA) is 138 Å². The lowest BCUT2D eigenvalue weighted by atomic mass is 10.3. The third kappa shape index (κ3) is 2.90. The van der Waals surface area contributed by atoms with Crippen LogP contribution in [0.3, 0.4) is 0 Å². The first kappa shape index (κ1) is 17.5. The van der Waals surface area contributed by atoms with Crippen LogP contribution in [-0.2, 0) is 24.4 Å². The van der Waals surface area contributed by atoms with E-state index >= 15 is 0 Å². The number of carbonyl (C=O) groups is 2. The number of hydrogen-bond donors (Lipinski definition) is 3. The maximum Gasteiger partial charge on any atom is 0.460 e. The molecule has 19 heavy (non-hydrogen) atoms. The first-order valence-electron chi connectivity index (χ1n) is 3.68. The van der Waals surface area contributed by atoms with Gasteiger partial charge < -0.3 is 10.2 Å². The van der Waals surface area contributed by atoms with Crippen molar-refractivity contribution in [2.45, 2.75) is 17.2 Å². The van der Waals surface area contributed by atoms with Crippen LogP contribution in [0.25, 0.3) is 0 Å². The normalized spacial score (nSPS) is 14.2. The van der Waals surface area contributed by atoms with Crippen molar-refractivity contribution in [2.75, 3.05) is 0 Å². The minimum atomic E-state index is -6.84. The van der Waals surface area contributed by atoms with Gasteiger partial charge in [0.15, 0.2) is 0 Å². The Bertz CT molecular complexity index is 484. The van der Waals surface area contributed by atoms with E-state index in [0.29, 0.717) is 0 Å². The smallest absolute Gasteiger partial charge is 0.460 e. The fourth-order valence-electron chi connectivity index (χ4n) is 0.565. The number of halogens is 5. The Labute approximate surface area is 99.7 Å². The standard InChI is InChI=1S/C5H3F5O8S/c6-3(1(11)12,2(13)14)18-4(7,8)5(9,10)19(15,16)17/h(H,11,12)(H,13,14)(H,15,16,17). The Balaban J connectivity index is 5.73. The molecule has 3 N–H and O–H groups in total. The summed E-state index contributed by atoms with van der Waals surface area (Å²) in [5.74, 6) is -11.9. The zero-order valence-electron chi connectivity index (χ0n) is 8.18. The highest BCUT2D eigenvalue weighted by atomic mass is 32.2. The average Bonchev–Trinajstić information content (AvgIpc) is 2.13. The molecule has 0 aromatic carbocycles. The predicted molar refractivity (Wildman–Crippen MR) is 41.6 cm³/mol. The molecule has 0 atom stereocenters. The molecule has 0 unspecified atom stereocenters. The van der Waals surface area contributed by atoms with Crippen molar-refractivity contribution >= 4 is 22.1 Å². The first-order chi connectivity index (χ1) is 8.09. The number of aliphatic carboxylic acids is 2. The fraction of sp³-hybridized carbons (Fsp3) is 0.600. The lowest BCUT2D eigenvalue weighted by Crippen LogP contribution is -2.57. The van der Waals surface area contributed by atoms with Crippen LogP contribution in [0.4, 0.5) is 22.0 Å². The van der Waals surface area contributed by atoms with Gasteiger partial charge in [0.05, 0.1) is 0 Å². The van der Waals surface area contributed by atoms with E-state index in [4.69, 9.17) is 14.8 Å². The number of carboxylic acid groups (broad SMARTS) is 2. The molecule has 0 fully saturated rings. The molecule has 0 saturated carbocycles. The van der Waals surface area contributed by atoms with Crippen molar-refractivity contribution in [1.82, 2.24) is 0 Å². The zero-order chi connectivity index (χ0) is 15.9. The van der Waals surface area contributed by atoms with Gasteiger partial charge in [0.1, 0.15) is 0 Å². The van der Waals surface area contributed by atoms with Crippen molar-refractivity contribution in [3.05, 3.63) is 0 Å². The number of ether oxygens (including phenoxy) is 1. The van der Waals surface area contributed by atoms with Gasteiger partial charge in [-0.3, -0.25) is 9.29 Å². The molecule has 0 rings (SSSR count). The Kier molecular flexibility index (Phi) is 4.17. The molecule has 8 nitrogen and oxygen atoms in total. The number of hydrogen-bond acceptors (Lipinski definition) is 5. The third-order valence-corrected chi connectivity index (χ3v) is 2.37. The lowest BCUT2D eigenvalue weighted by molar-refractivity contribution is -0.368. The molecular weight excluding hydrogens is 315 g/mol. The first-order valence-corrected chi connectivity index (χ1v) is 5.12. The third-order valence-electron chi connectivity index (χ3n) is 1.48. The monoisotopic (exact) mass is 318 g/mol. The molecule has 0 aromatic heterocycles. The van der Waals surface area contributed by atoms with E-state index in [1.54, 1.807) is 0 Å². The minimum Gasteiger partial charge on any atom is -0.477 e. The van der Waals surface area contributed by atoms with Gasteiger partial charge in [-0.05, 0) is 0 Å². The van der Waals surface area contributed by atoms with Gasteiger partial charge in [0.2, 0.25) is 0 Å². The molecule has 0 radical (unpaired) electrons. The molecule has 0 bridgehead atoms. The molecule has 14 heteroatoms. The van der Waals surface area contributed by atoms with E-state index in [2.05, 4.69) is 4.74 Å². The summed E-state index contributed by atoms with van der Waals surface area (Å²) in [6.07, 6.45) is -6.48. The molecule has 0 aliphatic heterocycles. The van der Waals surface area contributed by atoms with Crippen molar-refractivity contribution in [3.63, 3.8) is 0 Å². The van der Waals surface area contributed by atoms with E-state index < -0.39 is 39.3 Å². The van der Waals surface area contributed by atoms with E-state index in [0.717, 1.165) is 0 Å². The summed E-state index contributed by atoms with van der Waals surface area (Å²) in [5, 5.41) is 9.44. The van der Waals surface area contributed by atoms with Crippen LogP contribution in [0.2, 0.25) is 0 Å². The highest BCUT2D eigenvalue weighted by Crippen LogP contribution is 2.42. The van der Waals surface area contributed by atoms with Gasteiger partial charge >= 0.3 is 39.3 Å². The van der Waals surface area contributed by atoms with E-state index in [9.17, 15) is 40.0 Å². The second-order valence-electron chi connectivity index (χ2n) is 2.82. The van der Waals surface area contributed by atoms with Gasteiger partial charge in [-0.25, -0.2) is 9.59 Å². The Hall–Kier alpha value is -1.54. The summed E-state index contributed by atoms with van der Waals surface area (Å²) in [5.41, 5.74) is 0. The molecule has 0 amide bonds. The summed E-state index contributed by atoms with van der Waals surface area (Å²) in [6, 6.07) is 0. The second-order valence-corrected chi connectivity index (χ2v) is 4.28. The van der Waals surface area contributed by atoms with E-state index in [1.165, 1.54) is 0 Å². The van der Waals surface area contributed by atoms with E-state index in [-0.39, 0.29) is 0 Å². The van der Waals surface area contributed by atoms with Crippen LogP contribution in [-0.4, -0.2) is 52.3 Å². The molecule has 0 spiro atoms. The van der Waals surface area contributed by atoms with Crippen LogP contribution in [0.15, 0.2) is 0 Å². The number of alkyl halides is 5. The van der Waals surface area contributed by atoms with Crippen molar-refractivity contribution in [2.24, 2.45) is 0 Å². The predicted octanol–water partition coefficient (Wildman–Crippen LogP) is -0.0886. The van der Waals surface area contributed by atoms with Crippen LogP contribution in [0.1, 0.15) is 0 Å². The molecule has 112 valence electrons. The Morgan fingerprint density at radius 2 is 1.26 bits per heavy atom. The highest BCUT2D eigenvalue weighted by Gasteiger charge is 2.72. The summed E-state index contributed by atoms with van der Waals surface area (Å²) < 4.78 is 93.2.